The van der Waals surface area contributed by atoms with Crippen molar-refractivity contribution in [2.24, 2.45) is 0 Å². The summed E-state index contributed by atoms with van der Waals surface area (Å²) in [7, 11) is 0. The molecule has 0 saturated carbocycles. The fourth-order valence-electron chi connectivity index (χ4n) is 3.28. The summed E-state index contributed by atoms with van der Waals surface area (Å²) < 4.78 is 0. The van der Waals surface area contributed by atoms with Crippen LogP contribution in [0.1, 0.15) is 28.3 Å². The van der Waals surface area contributed by atoms with Crippen molar-refractivity contribution in [1.82, 2.24) is 9.88 Å². The highest BCUT2D eigenvalue weighted by Gasteiger charge is 2.25. The van der Waals surface area contributed by atoms with Gasteiger partial charge in [-0.2, -0.15) is 0 Å². The molecule has 0 aliphatic carbocycles. The van der Waals surface area contributed by atoms with Gasteiger partial charge in [0.1, 0.15) is 5.25 Å². The van der Waals surface area contributed by atoms with Gasteiger partial charge in [0.15, 0.2) is 5.13 Å². The zero-order chi connectivity index (χ0) is 19.3. The van der Waals surface area contributed by atoms with E-state index in [0.29, 0.717) is 5.13 Å². The lowest BCUT2D eigenvalue weighted by Gasteiger charge is -2.23. The molecular weight excluding hydrogens is 386 g/mol. The van der Waals surface area contributed by atoms with E-state index in [0.717, 1.165) is 42.2 Å². The highest BCUT2D eigenvalue weighted by Crippen LogP contribution is 2.37. The molecule has 4 rings (SSSR count). The van der Waals surface area contributed by atoms with Gasteiger partial charge in [0.05, 0.1) is 5.69 Å². The van der Waals surface area contributed by atoms with E-state index in [1.807, 2.05) is 60.7 Å². The Kier molecular flexibility index (Phi) is 6.10. The Hall–Kier alpha value is -2.15. The molecule has 0 radical (unpaired) electrons. The van der Waals surface area contributed by atoms with Gasteiger partial charge in [-0.25, -0.2) is 4.98 Å². The average molecular weight is 410 g/mol. The van der Waals surface area contributed by atoms with Crippen molar-refractivity contribution in [3.63, 3.8) is 0 Å². The van der Waals surface area contributed by atoms with Crippen molar-refractivity contribution >= 4 is 34.1 Å². The number of hydrogen-bond donors (Lipinski definition) is 1. The normalized spacial score (nSPS) is 15.0. The lowest BCUT2D eigenvalue weighted by Crippen LogP contribution is -2.29. The molecule has 1 N–H and O–H groups in total. The van der Waals surface area contributed by atoms with Crippen molar-refractivity contribution in [2.75, 3.05) is 18.4 Å². The SMILES string of the molecule is CCN1CCc2nc(NC(=O)[C@@H](Sc3ccccc3)c3ccccc3)sc2C1. The van der Waals surface area contributed by atoms with Gasteiger partial charge in [-0.1, -0.05) is 55.5 Å². The van der Waals surface area contributed by atoms with Crippen molar-refractivity contribution in [2.45, 2.75) is 30.0 Å². The molecule has 2 aromatic carbocycles. The summed E-state index contributed by atoms with van der Waals surface area (Å²) in [6, 6.07) is 20.0. The standard InChI is InChI=1S/C22H23N3OS2/c1-2-25-14-13-18-19(15-25)28-22(23-18)24-21(26)20(16-9-5-3-6-10-16)27-17-11-7-4-8-12-17/h3-12,20H,2,13-15H2,1H3,(H,23,24,26)/t20-/m0/s1. The van der Waals surface area contributed by atoms with Crippen LogP contribution >= 0.6 is 23.1 Å². The molecule has 4 nitrogen and oxygen atoms in total. The molecular formula is C22H23N3OS2. The average Bonchev–Trinajstić information content (AvgIpc) is 3.14. The first-order valence-corrected chi connectivity index (χ1v) is 11.2. The van der Waals surface area contributed by atoms with Gasteiger partial charge >= 0.3 is 0 Å². The number of nitrogens with zero attached hydrogens (tertiary/aromatic N) is 2. The summed E-state index contributed by atoms with van der Waals surface area (Å²) in [6.45, 7) is 5.19. The number of nitrogens with one attached hydrogen (secondary N) is 1. The second-order valence-corrected chi connectivity index (χ2v) is 8.98. The Morgan fingerprint density at radius 2 is 1.89 bits per heavy atom. The highest BCUT2D eigenvalue weighted by atomic mass is 32.2. The van der Waals surface area contributed by atoms with Crippen LogP contribution in [0.4, 0.5) is 5.13 Å². The van der Waals surface area contributed by atoms with Crippen LogP contribution < -0.4 is 5.32 Å². The van der Waals surface area contributed by atoms with E-state index >= 15 is 0 Å². The van der Waals surface area contributed by atoms with Gasteiger partial charge in [-0.3, -0.25) is 9.69 Å². The number of fused-ring (bicyclic) bond motifs is 1. The second kappa shape index (κ2) is 8.90. The van der Waals surface area contributed by atoms with Gasteiger partial charge in [0.2, 0.25) is 5.91 Å². The first kappa shape index (κ1) is 19.2. The number of carbonyl (C=O) groups excluding carboxylic acids is 1. The predicted octanol–water partition coefficient (Wildman–Crippen LogP) is 4.99. The number of anilines is 1. The Morgan fingerprint density at radius 1 is 1.18 bits per heavy atom. The van der Waals surface area contributed by atoms with Crippen LogP contribution in [0.2, 0.25) is 0 Å². The van der Waals surface area contributed by atoms with E-state index in [1.165, 1.54) is 4.88 Å². The van der Waals surface area contributed by atoms with Crippen LogP contribution in [0, 0.1) is 0 Å². The summed E-state index contributed by atoms with van der Waals surface area (Å²) in [4.78, 5) is 22.6. The van der Waals surface area contributed by atoms with Crippen LogP contribution in [-0.2, 0) is 17.8 Å². The van der Waals surface area contributed by atoms with Crippen molar-refractivity contribution in [3.8, 4) is 0 Å². The molecule has 28 heavy (non-hydrogen) atoms. The van der Waals surface area contributed by atoms with E-state index < -0.39 is 0 Å². The third kappa shape index (κ3) is 4.46. The van der Waals surface area contributed by atoms with Gasteiger partial charge in [-0.15, -0.1) is 23.1 Å². The lowest BCUT2D eigenvalue weighted by atomic mass is 10.1. The Balaban J connectivity index is 1.54. The molecule has 144 valence electrons. The maximum absolute atomic E-state index is 13.2. The molecule has 3 aromatic rings. The van der Waals surface area contributed by atoms with Crippen molar-refractivity contribution in [3.05, 3.63) is 76.8 Å². The quantitative estimate of drug-likeness (QED) is 0.583. The number of thioether (sulfide) groups is 1. The molecule has 0 spiro atoms. The molecule has 6 heteroatoms. The minimum atomic E-state index is -0.323. The van der Waals surface area contributed by atoms with Crippen LogP contribution in [0.5, 0.6) is 0 Å². The second-order valence-electron chi connectivity index (χ2n) is 6.72. The number of benzene rings is 2. The van der Waals surface area contributed by atoms with E-state index in [-0.39, 0.29) is 11.2 Å². The van der Waals surface area contributed by atoms with Gasteiger partial charge < -0.3 is 5.32 Å². The smallest absolute Gasteiger partial charge is 0.244 e. The molecule has 0 saturated heterocycles. The Labute approximate surface area is 174 Å². The van der Waals surface area contributed by atoms with Crippen LogP contribution in [0.25, 0.3) is 0 Å². The van der Waals surface area contributed by atoms with Crippen LogP contribution in [-0.4, -0.2) is 28.9 Å². The van der Waals surface area contributed by atoms with Crippen molar-refractivity contribution in [1.29, 1.82) is 0 Å². The number of hydrogen-bond acceptors (Lipinski definition) is 5. The number of aromatic nitrogens is 1. The Morgan fingerprint density at radius 3 is 2.61 bits per heavy atom. The summed E-state index contributed by atoms with van der Waals surface area (Å²) in [6.07, 6.45) is 0.955. The molecule has 1 amide bonds. The number of carbonyl (C=O) groups is 1. The fraction of sp³-hybridized carbons (Fsp3) is 0.273. The summed E-state index contributed by atoms with van der Waals surface area (Å²) in [5, 5.41) is 3.47. The largest absolute Gasteiger partial charge is 0.301 e. The predicted molar refractivity (Wildman–Crippen MR) is 117 cm³/mol. The molecule has 0 bridgehead atoms. The van der Waals surface area contributed by atoms with Crippen molar-refractivity contribution < 1.29 is 4.79 Å². The lowest BCUT2D eigenvalue weighted by molar-refractivity contribution is -0.115. The van der Waals surface area contributed by atoms with E-state index in [9.17, 15) is 4.79 Å². The summed E-state index contributed by atoms with van der Waals surface area (Å²) in [5.74, 6) is -0.0292. The molecule has 0 unspecified atom stereocenters. The molecule has 0 fully saturated rings. The number of rotatable bonds is 6. The maximum atomic E-state index is 13.2. The first-order chi connectivity index (χ1) is 13.7. The zero-order valence-electron chi connectivity index (χ0n) is 15.8. The highest BCUT2D eigenvalue weighted by molar-refractivity contribution is 8.00. The zero-order valence-corrected chi connectivity index (χ0v) is 17.4. The van der Waals surface area contributed by atoms with Gasteiger partial charge in [-0.05, 0) is 24.2 Å². The number of likely N-dealkylation sites (N-methyl/N-ethyl adjacent to an activating group) is 1. The fourth-order valence-corrected chi connectivity index (χ4v) is 5.38. The van der Waals surface area contributed by atoms with E-state index in [4.69, 9.17) is 4.98 Å². The van der Waals surface area contributed by atoms with E-state index in [2.05, 4.69) is 17.1 Å². The molecule has 1 aliphatic rings. The summed E-state index contributed by atoms with van der Waals surface area (Å²) >= 11 is 3.17. The van der Waals surface area contributed by atoms with Crippen LogP contribution in [0.15, 0.2) is 65.6 Å². The minimum Gasteiger partial charge on any atom is -0.301 e. The molecule has 2 heterocycles. The third-order valence-corrected chi connectivity index (χ3v) is 7.09. The number of thiazole rings is 1. The molecule has 1 aromatic heterocycles. The summed E-state index contributed by atoms with van der Waals surface area (Å²) in [5.41, 5.74) is 2.13. The van der Waals surface area contributed by atoms with Crippen LogP contribution in [0.3, 0.4) is 0 Å². The topological polar surface area (TPSA) is 45.2 Å². The monoisotopic (exact) mass is 409 g/mol. The van der Waals surface area contributed by atoms with Gasteiger partial charge in [0.25, 0.3) is 0 Å². The third-order valence-electron chi connectivity index (χ3n) is 4.83. The molecule has 1 atom stereocenters. The minimum absolute atomic E-state index is 0.0292. The maximum Gasteiger partial charge on any atom is 0.244 e. The molecule has 1 aliphatic heterocycles. The Bertz CT molecular complexity index is 927. The van der Waals surface area contributed by atoms with Gasteiger partial charge in [0, 0.05) is 29.3 Å². The number of amides is 1. The van der Waals surface area contributed by atoms with E-state index in [1.54, 1.807) is 23.1 Å². The first-order valence-electron chi connectivity index (χ1n) is 9.51.